The Hall–Kier alpha value is -3.23. The third kappa shape index (κ3) is 3.91. The second-order valence-electron chi connectivity index (χ2n) is 3.45. The predicted octanol–water partition coefficient (Wildman–Crippen LogP) is 0.872. The fraction of sp³-hybridized carbons (Fsp3) is 0. The number of nitrogens with one attached hydrogen (secondary N) is 1. The third-order valence-corrected chi connectivity index (χ3v) is 2.08. The second-order valence-corrected chi connectivity index (χ2v) is 3.45. The highest BCUT2D eigenvalue weighted by Crippen LogP contribution is 2.22. The Labute approximate surface area is 111 Å². The van der Waals surface area contributed by atoms with E-state index in [1.54, 1.807) is 0 Å². The minimum atomic E-state index is -1.47. The first-order chi connectivity index (χ1) is 9.31. The molecule has 0 radical (unpaired) electrons. The van der Waals surface area contributed by atoms with Crippen LogP contribution in [-0.2, 0) is 9.59 Å². The van der Waals surface area contributed by atoms with Gasteiger partial charge in [0.1, 0.15) is 0 Å². The highest BCUT2D eigenvalue weighted by molar-refractivity contribution is 6.06. The molecule has 0 heterocycles. The quantitative estimate of drug-likeness (QED) is 0.411. The van der Waals surface area contributed by atoms with Gasteiger partial charge in [-0.2, -0.15) is 0 Å². The lowest BCUT2D eigenvalue weighted by Gasteiger charge is -2.06. The standard InChI is InChI=1S/C11H8N2O7/c14-9(3-4-10(15)16)12-8-2-1-6(13(19)20)5-7(8)11(17)18/h1-5H,(H,12,14)(H,15,16)(H,17,18)/b4-3-. The van der Waals surface area contributed by atoms with Crippen LogP contribution in [-0.4, -0.2) is 33.0 Å². The number of nitro benzene ring substituents is 1. The molecule has 20 heavy (non-hydrogen) atoms. The van der Waals surface area contributed by atoms with Crippen molar-refractivity contribution in [3.05, 3.63) is 46.0 Å². The van der Waals surface area contributed by atoms with Crippen LogP contribution in [0.1, 0.15) is 10.4 Å². The molecule has 1 aromatic carbocycles. The molecule has 0 aromatic heterocycles. The van der Waals surface area contributed by atoms with Crippen molar-refractivity contribution < 1.29 is 29.5 Å². The lowest BCUT2D eigenvalue weighted by Crippen LogP contribution is -2.12. The van der Waals surface area contributed by atoms with Gasteiger partial charge in [-0.05, 0) is 6.07 Å². The van der Waals surface area contributed by atoms with E-state index >= 15 is 0 Å². The number of carboxylic acid groups (broad SMARTS) is 2. The summed E-state index contributed by atoms with van der Waals surface area (Å²) >= 11 is 0. The van der Waals surface area contributed by atoms with Crippen LogP contribution in [0.3, 0.4) is 0 Å². The first-order valence-electron chi connectivity index (χ1n) is 5.05. The van der Waals surface area contributed by atoms with Crippen LogP contribution in [0.25, 0.3) is 0 Å². The number of aromatic carboxylic acids is 1. The topological polar surface area (TPSA) is 147 Å². The molecule has 0 saturated carbocycles. The third-order valence-electron chi connectivity index (χ3n) is 2.08. The lowest BCUT2D eigenvalue weighted by atomic mass is 10.1. The van der Waals surface area contributed by atoms with E-state index in [1.807, 2.05) is 0 Å². The van der Waals surface area contributed by atoms with Crippen molar-refractivity contribution in [2.24, 2.45) is 0 Å². The maximum atomic E-state index is 11.3. The van der Waals surface area contributed by atoms with Gasteiger partial charge in [0.25, 0.3) is 5.69 Å². The van der Waals surface area contributed by atoms with Gasteiger partial charge in [-0.15, -0.1) is 0 Å². The number of hydrogen-bond donors (Lipinski definition) is 3. The summed E-state index contributed by atoms with van der Waals surface area (Å²) in [4.78, 5) is 42.3. The van der Waals surface area contributed by atoms with Crippen LogP contribution in [0.5, 0.6) is 0 Å². The van der Waals surface area contributed by atoms with E-state index < -0.39 is 34.0 Å². The van der Waals surface area contributed by atoms with Gasteiger partial charge >= 0.3 is 11.9 Å². The number of anilines is 1. The van der Waals surface area contributed by atoms with E-state index in [-0.39, 0.29) is 5.69 Å². The summed E-state index contributed by atoms with van der Waals surface area (Å²) in [6.45, 7) is 0. The lowest BCUT2D eigenvalue weighted by molar-refractivity contribution is -0.384. The van der Waals surface area contributed by atoms with Crippen LogP contribution in [0.4, 0.5) is 11.4 Å². The zero-order chi connectivity index (χ0) is 15.3. The molecule has 0 fully saturated rings. The number of non-ortho nitro benzene ring substituents is 1. The summed E-state index contributed by atoms with van der Waals surface area (Å²) < 4.78 is 0. The van der Waals surface area contributed by atoms with Gasteiger partial charge in [0, 0.05) is 24.3 Å². The van der Waals surface area contributed by atoms with Crippen molar-refractivity contribution in [3.8, 4) is 0 Å². The van der Waals surface area contributed by atoms with E-state index in [9.17, 15) is 24.5 Å². The maximum Gasteiger partial charge on any atom is 0.338 e. The molecule has 0 aliphatic heterocycles. The molecule has 3 N–H and O–H groups in total. The summed E-state index contributed by atoms with van der Waals surface area (Å²) in [5.41, 5.74) is -1.10. The molecule has 0 aliphatic carbocycles. The number of benzene rings is 1. The number of amides is 1. The molecular weight excluding hydrogens is 272 g/mol. The van der Waals surface area contributed by atoms with Gasteiger partial charge in [0.05, 0.1) is 16.2 Å². The fourth-order valence-electron chi connectivity index (χ4n) is 1.25. The highest BCUT2D eigenvalue weighted by Gasteiger charge is 2.16. The molecule has 0 unspecified atom stereocenters. The largest absolute Gasteiger partial charge is 0.478 e. The molecule has 9 nitrogen and oxygen atoms in total. The monoisotopic (exact) mass is 280 g/mol. The number of carboxylic acids is 2. The number of carbonyl (C=O) groups excluding carboxylic acids is 1. The summed E-state index contributed by atoms with van der Waals surface area (Å²) in [5, 5.41) is 29.9. The Morgan fingerprint density at radius 1 is 1.20 bits per heavy atom. The molecular formula is C11H8N2O7. The van der Waals surface area contributed by atoms with Gasteiger partial charge in [0.2, 0.25) is 5.91 Å². The van der Waals surface area contributed by atoms with Crippen molar-refractivity contribution in [1.29, 1.82) is 0 Å². The molecule has 0 spiro atoms. The Morgan fingerprint density at radius 2 is 1.85 bits per heavy atom. The Morgan fingerprint density at radius 3 is 2.35 bits per heavy atom. The zero-order valence-electron chi connectivity index (χ0n) is 9.77. The minimum absolute atomic E-state index is 0.178. The van der Waals surface area contributed by atoms with Gasteiger partial charge in [-0.1, -0.05) is 0 Å². The number of nitro groups is 1. The fourth-order valence-corrected chi connectivity index (χ4v) is 1.25. The molecule has 0 saturated heterocycles. The first-order valence-corrected chi connectivity index (χ1v) is 5.05. The number of nitrogens with zero attached hydrogens (tertiary/aromatic N) is 1. The molecule has 9 heteroatoms. The Kier molecular flexibility index (Phi) is 4.51. The summed E-state index contributed by atoms with van der Waals surface area (Å²) in [7, 11) is 0. The summed E-state index contributed by atoms with van der Waals surface area (Å²) in [5.74, 6) is -3.68. The van der Waals surface area contributed by atoms with Crippen molar-refractivity contribution >= 4 is 29.2 Å². The number of rotatable bonds is 5. The normalized spacial score (nSPS) is 10.2. The highest BCUT2D eigenvalue weighted by atomic mass is 16.6. The molecule has 0 atom stereocenters. The van der Waals surface area contributed by atoms with Crippen LogP contribution < -0.4 is 5.32 Å². The molecule has 1 amide bonds. The van der Waals surface area contributed by atoms with Gasteiger partial charge in [-0.25, -0.2) is 9.59 Å². The van der Waals surface area contributed by atoms with E-state index in [0.29, 0.717) is 12.2 Å². The van der Waals surface area contributed by atoms with Crippen LogP contribution in [0.2, 0.25) is 0 Å². The SMILES string of the molecule is O=C(O)/C=C\C(=O)Nc1ccc([N+](=O)[O-])cc1C(=O)O. The summed E-state index contributed by atoms with van der Waals surface area (Å²) in [6, 6.07) is 2.86. The average Bonchev–Trinajstić information content (AvgIpc) is 2.36. The zero-order valence-corrected chi connectivity index (χ0v) is 9.77. The molecule has 1 rings (SSSR count). The Balaban J connectivity index is 3.06. The van der Waals surface area contributed by atoms with Crippen molar-refractivity contribution in [2.45, 2.75) is 0 Å². The molecule has 0 bridgehead atoms. The van der Waals surface area contributed by atoms with E-state index in [4.69, 9.17) is 10.2 Å². The molecule has 104 valence electrons. The smallest absolute Gasteiger partial charge is 0.338 e. The van der Waals surface area contributed by atoms with Gasteiger partial charge in [0.15, 0.2) is 0 Å². The number of hydrogen-bond acceptors (Lipinski definition) is 5. The summed E-state index contributed by atoms with van der Waals surface area (Å²) in [6.07, 6.45) is 1.26. The van der Waals surface area contributed by atoms with Crippen molar-refractivity contribution in [1.82, 2.24) is 0 Å². The second kappa shape index (κ2) is 6.09. The van der Waals surface area contributed by atoms with E-state index in [1.165, 1.54) is 0 Å². The minimum Gasteiger partial charge on any atom is -0.478 e. The molecule has 0 aliphatic rings. The van der Waals surface area contributed by atoms with Gasteiger partial charge < -0.3 is 15.5 Å². The van der Waals surface area contributed by atoms with Crippen LogP contribution in [0.15, 0.2) is 30.4 Å². The number of carbonyl (C=O) groups is 3. The van der Waals surface area contributed by atoms with Crippen molar-refractivity contribution in [2.75, 3.05) is 5.32 Å². The predicted molar refractivity (Wildman–Crippen MR) is 65.5 cm³/mol. The van der Waals surface area contributed by atoms with E-state index in [2.05, 4.69) is 5.32 Å². The Bertz CT molecular complexity index is 621. The average molecular weight is 280 g/mol. The van der Waals surface area contributed by atoms with E-state index in [0.717, 1.165) is 18.2 Å². The number of aliphatic carboxylic acids is 1. The van der Waals surface area contributed by atoms with Crippen LogP contribution in [0, 0.1) is 10.1 Å². The van der Waals surface area contributed by atoms with Crippen LogP contribution >= 0.6 is 0 Å². The maximum absolute atomic E-state index is 11.3. The van der Waals surface area contributed by atoms with Gasteiger partial charge in [-0.3, -0.25) is 14.9 Å². The first kappa shape index (κ1) is 14.8. The van der Waals surface area contributed by atoms with Crippen molar-refractivity contribution in [3.63, 3.8) is 0 Å². The molecule has 1 aromatic rings.